The van der Waals surface area contributed by atoms with E-state index in [-0.39, 0.29) is 30.6 Å². The van der Waals surface area contributed by atoms with Crippen molar-refractivity contribution >= 4 is 11.7 Å². The Bertz CT molecular complexity index is 639. The quantitative estimate of drug-likeness (QED) is 0.783. The maximum atomic E-state index is 13.2. The highest BCUT2D eigenvalue weighted by Gasteiger charge is 2.70. The first kappa shape index (κ1) is 17.5. The van der Waals surface area contributed by atoms with Crippen LogP contribution in [-0.4, -0.2) is 35.4 Å². The minimum Gasteiger partial charge on any atom is -0.336 e. The van der Waals surface area contributed by atoms with Gasteiger partial charge >= 0.3 is 6.18 Å². The van der Waals surface area contributed by atoms with Gasteiger partial charge in [0.15, 0.2) is 5.78 Å². The molecule has 0 bridgehead atoms. The molecule has 0 aromatic carbocycles. The molecule has 0 aromatic rings. The van der Waals surface area contributed by atoms with Gasteiger partial charge in [0.05, 0.1) is 11.1 Å². The van der Waals surface area contributed by atoms with E-state index in [1.54, 1.807) is 26.8 Å². The number of hydrogen-bond acceptors (Lipinski definition) is 3. The number of halogens is 3. The number of hydrogen-bond donors (Lipinski definition) is 0. The zero-order chi connectivity index (χ0) is 17.8. The smallest absolute Gasteiger partial charge is 0.336 e. The van der Waals surface area contributed by atoms with Gasteiger partial charge < -0.3 is 4.90 Å². The fraction of sp³-hybridized carbons (Fsp3) is 0.688. The van der Waals surface area contributed by atoms with E-state index in [1.807, 2.05) is 0 Å². The average molecular weight is 328 g/mol. The van der Waals surface area contributed by atoms with E-state index in [0.29, 0.717) is 0 Å². The summed E-state index contributed by atoms with van der Waals surface area (Å²) < 4.78 is 39.6. The SMILES string of the molecule is CN(C(=O)C1(C(F)(F)F)CC1)[C@]1(C)C=C(C#N)C(=O)C(C)(C)C1. The maximum Gasteiger partial charge on any atom is 0.403 e. The third-order valence-corrected chi connectivity index (χ3v) is 5.01. The number of amides is 1. The molecule has 7 heteroatoms. The summed E-state index contributed by atoms with van der Waals surface area (Å²) in [7, 11) is 1.31. The molecule has 0 radical (unpaired) electrons. The number of Topliss-reactive ketones (excluding diaryl/α,β-unsaturated/α-hetero) is 1. The van der Waals surface area contributed by atoms with E-state index in [2.05, 4.69) is 0 Å². The lowest BCUT2D eigenvalue weighted by Crippen LogP contribution is -2.56. The maximum absolute atomic E-state index is 13.2. The van der Waals surface area contributed by atoms with Gasteiger partial charge in [0.2, 0.25) is 5.91 Å². The van der Waals surface area contributed by atoms with Crippen molar-refractivity contribution in [1.82, 2.24) is 4.90 Å². The van der Waals surface area contributed by atoms with Gasteiger partial charge in [-0.2, -0.15) is 18.4 Å². The second-order valence-electron chi connectivity index (χ2n) is 7.36. The van der Waals surface area contributed by atoms with Crippen LogP contribution < -0.4 is 0 Å². The summed E-state index contributed by atoms with van der Waals surface area (Å²) in [6, 6.07) is 1.79. The Morgan fingerprint density at radius 2 is 1.83 bits per heavy atom. The van der Waals surface area contributed by atoms with Crippen LogP contribution in [0.2, 0.25) is 0 Å². The Balaban J connectivity index is 2.41. The second kappa shape index (κ2) is 4.83. The Morgan fingerprint density at radius 3 is 2.22 bits per heavy atom. The van der Waals surface area contributed by atoms with Crippen molar-refractivity contribution in [2.24, 2.45) is 10.8 Å². The minimum atomic E-state index is -4.59. The van der Waals surface area contributed by atoms with E-state index < -0.39 is 28.5 Å². The Kier molecular flexibility index (Phi) is 3.67. The lowest BCUT2D eigenvalue weighted by molar-refractivity contribution is -0.200. The Hall–Kier alpha value is -1.84. The first-order valence-corrected chi connectivity index (χ1v) is 7.33. The molecule has 1 fully saturated rings. The van der Waals surface area contributed by atoms with Gasteiger partial charge in [-0.3, -0.25) is 9.59 Å². The van der Waals surface area contributed by atoms with Crippen LogP contribution in [0.5, 0.6) is 0 Å². The number of alkyl halides is 3. The summed E-state index contributed by atoms with van der Waals surface area (Å²) in [5.74, 6) is -1.35. The first-order valence-electron chi connectivity index (χ1n) is 7.33. The predicted molar refractivity (Wildman–Crippen MR) is 76.0 cm³/mol. The summed E-state index contributed by atoms with van der Waals surface area (Å²) >= 11 is 0. The van der Waals surface area contributed by atoms with Gasteiger partial charge in [-0.1, -0.05) is 13.8 Å². The molecule has 1 amide bonds. The number of nitriles is 1. The zero-order valence-electron chi connectivity index (χ0n) is 13.5. The van der Waals surface area contributed by atoms with Crippen molar-refractivity contribution in [2.45, 2.75) is 51.7 Å². The highest BCUT2D eigenvalue weighted by molar-refractivity contribution is 6.04. The summed E-state index contributed by atoms with van der Waals surface area (Å²) in [4.78, 5) is 25.7. The molecule has 0 N–H and O–H groups in total. The molecule has 1 atom stereocenters. The van der Waals surface area contributed by atoms with E-state index >= 15 is 0 Å². The van der Waals surface area contributed by atoms with Crippen LogP contribution in [0.4, 0.5) is 13.2 Å². The van der Waals surface area contributed by atoms with Gasteiger partial charge in [-0.15, -0.1) is 0 Å². The molecule has 1 saturated carbocycles. The van der Waals surface area contributed by atoms with Crippen molar-refractivity contribution in [1.29, 1.82) is 5.26 Å². The first-order chi connectivity index (χ1) is 10.3. The molecule has 2 rings (SSSR count). The fourth-order valence-electron chi connectivity index (χ4n) is 3.36. The zero-order valence-corrected chi connectivity index (χ0v) is 13.5. The van der Waals surface area contributed by atoms with Crippen molar-refractivity contribution in [3.05, 3.63) is 11.6 Å². The third-order valence-electron chi connectivity index (χ3n) is 5.01. The number of nitrogens with zero attached hydrogens (tertiary/aromatic N) is 2. The number of likely N-dealkylation sites (N-methyl/N-ethyl adjacent to an activating group) is 1. The molecule has 23 heavy (non-hydrogen) atoms. The molecule has 0 spiro atoms. The van der Waals surface area contributed by atoms with Crippen LogP contribution in [0.1, 0.15) is 40.0 Å². The van der Waals surface area contributed by atoms with E-state index in [0.717, 1.165) is 4.90 Å². The lowest BCUT2D eigenvalue weighted by atomic mass is 9.68. The predicted octanol–water partition coefficient (Wildman–Crippen LogP) is 2.99. The number of ketones is 1. The summed E-state index contributed by atoms with van der Waals surface area (Å²) in [5.41, 5.74) is -4.45. The van der Waals surface area contributed by atoms with Crippen LogP contribution in [0.3, 0.4) is 0 Å². The van der Waals surface area contributed by atoms with Gasteiger partial charge in [-0.25, -0.2) is 0 Å². The normalized spacial score (nSPS) is 28.6. The van der Waals surface area contributed by atoms with Crippen molar-refractivity contribution < 1.29 is 22.8 Å². The van der Waals surface area contributed by atoms with E-state index in [1.165, 1.54) is 13.1 Å². The minimum absolute atomic E-state index is 0.111. The van der Waals surface area contributed by atoms with E-state index in [4.69, 9.17) is 5.26 Å². The molecule has 0 heterocycles. The van der Waals surface area contributed by atoms with Crippen LogP contribution in [0, 0.1) is 22.2 Å². The Morgan fingerprint density at radius 1 is 1.30 bits per heavy atom. The highest BCUT2D eigenvalue weighted by atomic mass is 19.4. The highest BCUT2D eigenvalue weighted by Crippen LogP contribution is 2.59. The standard InChI is InChI=1S/C16H19F3N2O2/c1-13(2)9-14(3,7-10(8-20)11(13)22)21(4)12(23)15(5-6-15)16(17,18)19/h7H,5-6,9H2,1-4H3/t14-/m1/s1. The molecule has 0 unspecified atom stereocenters. The van der Waals surface area contributed by atoms with Crippen LogP contribution in [0.25, 0.3) is 0 Å². The summed E-state index contributed by atoms with van der Waals surface area (Å²) in [6.07, 6.45) is -3.53. The number of carbonyl (C=O) groups is 2. The monoisotopic (exact) mass is 328 g/mol. The Labute approximate surface area is 132 Å². The van der Waals surface area contributed by atoms with Crippen molar-refractivity contribution in [3.63, 3.8) is 0 Å². The summed E-state index contributed by atoms with van der Waals surface area (Å²) in [5, 5.41) is 9.13. The number of carbonyl (C=O) groups excluding carboxylic acids is 2. The van der Waals surface area contributed by atoms with Crippen LogP contribution >= 0.6 is 0 Å². The topological polar surface area (TPSA) is 61.2 Å². The van der Waals surface area contributed by atoms with Gasteiger partial charge in [0.1, 0.15) is 11.5 Å². The largest absolute Gasteiger partial charge is 0.403 e. The van der Waals surface area contributed by atoms with Crippen molar-refractivity contribution in [3.8, 4) is 6.07 Å². The summed E-state index contributed by atoms with van der Waals surface area (Å²) in [6.45, 7) is 4.85. The second-order valence-corrected chi connectivity index (χ2v) is 7.36. The molecule has 4 nitrogen and oxygen atoms in total. The molecule has 126 valence electrons. The molecule has 2 aliphatic rings. The molecular formula is C16H19F3N2O2. The van der Waals surface area contributed by atoms with E-state index in [9.17, 15) is 22.8 Å². The van der Waals surface area contributed by atoms with Crippen LogP contribution in [-0.2, 0) is 9.59 Å². The fourth-order valence-corrected chi connectivity index (χ4v) is 3.36. The number of allylic oxidation sites excluding steroid dienone is 1. The molecule has 0 saturated heterocycles. The average Bonchev–Trinajstić information content (AvgIpc) is 3.21. The molecule has 2 aliphatic carbocycles. The van der Waals surface area contributed by atoms with Gasteiger partial charge in [0, 0.05) is 12.5 Å². The van der Waals surface area contributed by atoms with Crippen molar-refractivity contribution in [2.75, 3.05) is 7.05 Å². The van der Waals surface area contributed by atoms with Gasteiger partial charge in [0.25, 0.3) is 0 Å². The molecule has 0 aromatic heterocycles. The lowest BCUT2D eigenvalue weighted by Gasteiger charge is -2.45. The molecule has 0 aliphatic heterocycles. The van der Waals surface area contributed by atoms with Crippen LogP contribution in [0.15, 0.2) is 11.6 Å². The number of rotatable bonds is 2. The third kappa shape index (κ3) is 2.54. The molecular weight excluding hydrogens is 309 g/mol. The van der Waals surface area contributed by atoms with Gasteiger partial charge in [-0.05, 0) is 32.3 Å².